The minimum atomic E-state index is -1.44. The van der Waals surface area contributed by atoms with Crippen LogP contribution in [0.25, 0.3) is 11.6 Å². The van der Waals surface area contributed by atoms with Gasteiger partial charge in [-0.3, -0.25) is 4.79 Å². The fraction of sp³-hybridized carbons (Fsp3) is 0.227. The summed E-state index contributed by atoms with van der Waals surface area (Å²) in [4.78, 5) is 21.8. The fourth-order valence-electron chi connectivity index (χ4n) is 3.38. The van der Waals surface area contributed by atoms with E-state index in [4.69, 9.17) is 0 Å². The van der Waals surface area contributed by atoms with Gasteiger partial charge in [-0.15, -0.1) is 0 Å². The predicted molar refractivity (Wildman–Crippen MR) is 111 cm³/mol. The number of hydrogen-bond acceptors (Lipinski definition) is 6. The average Bonchev–Trinajstić information content (AvgIpc) is 3.26. The fourth-order valence-corrected chi connectivity index (χ4v) is 3.38. The second-order valence-corrected chi connectivity index (χ2v) is 7.25. The third-order valence-corrected chi connectivity index (χ3v) is 4.72. The summed E-state index contributed by atoms with van der Waals surface area (Å²) in [5.74, 6) is 0.522. The van der Waals surface area contributed by atoms with Crippen molar-refractivity contribution in [2.45, 2.75) is 33.8 Å². The monoisotopic (exact) mass is 402 g/mol. The summed E-state index contributed by atoms with van der Waals surface area (Å²) in [7, 11) is 0. The van der Waals surface area contributed by atoms with Gasteiger partial charge in [0.25, 0.3) is 0 Å². The summed E-state index contributed by atoms with van der Waals surface area (Å²) < 4.78 is 3.35. The number of aromatic nitrogens is 6. The highest BCUT2D eigenvalue weighted by molar-refractivity contribution is 5.98. The van der Waals surface area contributed by atoms with Crippen molar-refractivity contribution in [2.24, 2.45) is 0 Å². The van der Waals surface area contributed by atoms with E-state index in [9.17, 15) is 9.90 Å². The molecule has 0 aliphatic rings. The van der Waals surface area contributed by atoms with Gasteiger partial charge in [-0.1, -0.05) is 12.1 Å². The smallest absolute Gasteiger partial charge is 0.215 e. The molecule has 4 heterocycles. The zero-order valence-electron chi connectivity index (χ0n) is 17.2. The second kappa shape index (κ2) is 7.64. The van der Waals surface area contributed by atoms with Gasteiger partial charge < -0.3 is 5.11 Å². The van der Waals surface area contributed by atoms with E-state index >= 15 is 0 Å². The zero-order valence-corrected chi connectivity index (χ0v) is 17.2. The molecule has 4 rings (SSSR count). The van der Waals surface area contributed by atoms with Gasteiger partial charge in [-0.25, -0.2) is 19.3 Å². The molecule has 0 radical (unpaired) electrons. The molecule has 0 amide bonds. The number of hydrogen-bond donors (Lipinski definition) is 1. The van der Waals surface area contributed by atoms with Crippen LogP contribution in [0.2, 0.25) is 0 Å². The van der Waals surface area contributed by atoms with Gasteiger partial charge in [0.2, 0.25) is 5.78 Å². The Morgan fingerprint density at radius 2 is 1.37 bits per heavy atom. The molecule has 30 heavy (non-hydrogen) atoms. The van der Waals surface area contributed by atoms with Gasteiger partial charge in [0, 0.05) is 11.4 Å². The van der Waals surface area contributed by atoms with Crippen LogP contribution in [-0.4, -0.2) is 40.4 Å². The predicted octanol–water partition coefficient (Wildman–Crippen LogP) is 3.00. The molecule has 0 fully saturated rings. The van der Waals surface area contributed by atoms with Crippen molar-refractivity contribution >= 4 is 5.78 Å². The van der Waals surface area contributed by atoms with Crippen LogP contribution in [0.3, 0.4) is 0 Å². The van der Waals surface area contributed by atoms with Crippen molar-refractivity contribution in [3.8, 4) is 11.6 Å². The van der Waals surface area contributed by atoms with Gasteiger partial charge in [-0.05, 0) is 64.1 Å². The normalized spacial score (nSPS) is 12.2. The Balaban J connectivity index is 1.65. The lowest BCUT2D eigenvalue weighted by Gasteiger charge is -2.12. The molecule has 4 aromatic rings. The Morgan fingerprint density at radius 1 is 0.833 bits per heavy atom. The number of aliphatic hydroxyl groups excluding tert-OH is 1. The van der Waals surface area contributed by atoms with Crippen LogP contribution in [0.1, 0.15) is 45.1 Å². The third-order valence-electron chi connectivity index (χ3n) is 4.72. The molecule has 0 saturated carbocycles. The van der Waals surface area contributed by atoms with E-state index < -0.39 is 11.9 Å². The lowest BCUT2D eigenvalue weighted by atomic mass is 10.1. The largest absolute Gasteiger partial charge is 0.378 e. The minimum Gasteiger partial charge on any atom is -0.378 e. The molecule has 1 atom stereocenters. The standard InChI is InChI=1S/C22H22N6O2/c1-13-11-15(3)27(25-13)19-9-5-7-17(23-19)21(29)22(30)18-8-6-10-20(24-18)28-16(4)12-14(2)26-28/h5-12,21,29H,1-4H3. The van der Waals surface area contributed by atoms with Gasteiger partial charge >= 0.3 is 0 Å². The molecule has 0 bridgehead atoms. The molecule has 0 spiro atoms. The summed E-state index contributed by atoms with van der Waals surface area (Å²) in [6.45, 7) is 7.63. The lowest BCUT2D eigenvalue weighted by molar-refractivity contribution is 0.0734. The van der Waals surface area contributed by atoms with Crippen LogP contribution < -0.4 is 0 Å². The molecule has 8 nitrogen and oxygen atoms in total. The maximum atomic E-state index is 12.9. The summed E-state index contributed by atoms with van der Waals surface area (Å²) in [6, 6.07) is 14.1. The summed E-state index contributed by atoms with van der Waals surface area (Å²) >= 11 is 0. The number of carbonyl (C=O) groups is 1. The van der Waals surface area contributed by atoms with Crippen LogP contribution in [0.4, 0.5) is 0 Å². The Morgan fingerprint density at radius 3 is 1.90 bits per heavy atom. The molecule has 4 aromatic heterocycles. The molecule has 0 aliphatic carbocycles. The van der Waals surface area contributed by atoms with Gasteiger partial charge in [0.15, 0.2) is 17.7 Å². The number of rotatable bonds is 5. The first kappa shape index (κ1) is 19.7. The number of aryl methyl sites for hydroxylation is 4. The maximum Gasteiger partial charge on any atom is 0.215 e. The number of carbonyl (C=O) groups excluding carboxylic acids is 1. The molecule has 8 heteroatoms. The van der Waals surface area contributed by atoms with Crippen molar-refractivity contribution in [1.82, 2.24) is 29.5 Å². The molecule has 152 valence electrons. The van der Waals surface area contributed by atoms with Gasteiger partial charge in [-0.2, -0.15) is 10.2 Å². The highest BCUT2D eigenvalue weighted by Crippen LogP contribution is 2.19. The molecule has 1 N–H and O–H groups in total. The average molecular weight is 402 g/mol. The first-order valence-electron chi connectivity index (χ1n) is 9.57. The van der Waals surface area contributed by atoms with Crippen LogP contribution in [-0.2, 0) is 0 Å². The Hall–Kier alpha value is -3.65. The molecule has 1 unspecified atom stereocenters. The maximum absolute atomic E-state index is 12.9. The summed E-state index contributed by atoms with van der Waals surface area (Å²) in [5.41, 5.74) is 3.92. The van der Waals surface area contributed by atoms with Crippen molar-refractivity contribution in [3.63, 3.8) is 0 Å². The molecular weight excluding hydrogens is 380 g/mol. The first-order chi connectivity index (χ1) is 14.3. The quantitative estimate of drug-likeness (QED) is 0.515. The SMILES string of the molecule is Cc1cc(C)n(-c2cccc(C(=O)C(O)c3cccc(-n4nc(C)cc4C)n3)n2)n1. The van der Waals surface area contributed by atoms with E-state index in [1.165, 1.54) is 0 Å². The van der Waals surface area contributed by atoms with E-state index in [0.717, 1.165) is 22.8 Å². The molecule has 0 aromatic carbocycles. The van der Waals surface area contributed by atoms with Crippen molar-refractivity contribution in [3.05, 3.63) is 82.7 Å². The number of aliphatic hydroxyl groups is 1. The first-order valence-corrected chi connectivity index (χ1v) is 9.57. The van der Waals surface area contributed by atoms with Crippen molar-refractivity contribution in [1.29, 1.82) is 0 Å². The summed E-state index contributed by atoms with van der Waals surface area (Å²) in [5, 5.41) is 19.5. The van der Waals surface area contributed by atoms with Crippen LogP contribution in [0.15, 0.2) is 48.5 Å². The van der Waals surface area contributed by atoms with E-state index in [0.29, 0.717) is 11.6 Å². The molecule has 0 aliphatic heterocycles. The number of ketones is 1. The highest BCUT2D eigenvalue weighted by Gasteiger charge is 2.23. The third kappa shape index (κ3) is 3.65. The van der Waals surface area contributed by atoms with Gasteiger partial charge in [0.05, 0.1) is 17.1 Å². The van der Waals surface area contributed by atoms with Crippen LogP contribution in [0.5, 0.6) is 0 Å². The number of nitrogens with zero attached hydrogens (tertiary/aromatic N) is 6. The Kier molecular flexibility index (Phi) is 5.01. The second-order valence-electron chi connectivity index (χ2n) is 7.25. The molecular formula is C22H22N6O2. The topological polar surface area (TPSA) is 98.7 Å². The lowest BCUT2D eigenvalue weighted by Crippen LogP contribution is -2.17. The highest BCUT2D eigenvalue weighted by atomic mass is 16.3. The summed E-state index contributed by atoms with van der Waals surface area (Å²) in [6.07, 6.45) is -1.44. The van der Waals surface area contributed by atoms with Crippen molar-refractivity contribution < 1.29 is 9.90 Å². The zero-order chi connectivity index (χ0) is 21.4. The van der Waals surface area contributed by atoms with Crippen LogP contribution in [0, 0.1) is 27.7 Å². The minimum absolute atomic E-state index is 0.144. The van der Waals surface area contributed by atoms with E-state index in [1.807, 2.05) is 39.8 Å². The van der Waals surface area contributed by atoms with E-state index in [1.54, 1.807) is 45.8 Å². The molecule has 0 saturated heterocycles. The number of pyridine rings is 2. The van der Waals surface area contributed by atoms with E-state index in [2.05, 4.69) is 20.2 Å². The Labute approximate surface area is 173 Å². The number of Topliss-reactive ketones (excluding diaryl/α,β-unsaturated/α-hetero) is 1. The van der Waals surface area contributed by atoms with Crippen molar-refractivity contribution in [2.75, 3.05) is 0 Å². The van der Waals surface area contributed by atoms with Crippen LogP contribution >= 0.6 is 0 Å². The van der Waals surface area contributed by atoms with Gasteiger partial charge in [0.1, 0.15) is 5.69 Å². The van der Waals surface area contributed by atoms with E-state index in [-0.39, 0.29) is 11.4 Å². The Bertz CT molecular complexity index is 1240.